The Labute approximate surface area is 189 Å². The summed E-state index contributed by atoms with van der Waals surface area (Å²) < 4.78 is 17.3. The maximum absolute atomic E-state index is 5.39. The number of hydrogen-bond acceptors (Lipinski definition) is 5. The summed E-state index contributed by atoms with van der Waals surface area (Å²) in [7, 11) is 6.57. The van der Waals surface area contributed by atoms with Crippen LogP contribution in [-0.2, 0) is 13.0 Å². The number of halogens is 2. The van der Waals surface area contributed by atoms with Crippen molar-refractivity contribution in [3.8, 4) is 17.2 Å². The van der Waals surface area contributed by atoms with Crippen LogP contribution in [-0.4, -0.2) is 40.9 Å². The van der Waals surface area contributed by atoms with E-state index in [2.05, 4.69) is 43.7 Å². The number of benzene rings is 1. The zero-order valence-electron chi connectivity index (χ0n) is 15.8. The zero-order chi connectivity index (χ0) is 18.9. The van der Waals surface area contributed by atoms with Crippen molar-refractivity contribution in [2.45, 2.75) is 13.0 Å². The van der Waals surface area contributed by atoms with Crippen LogP contribution in [0.25, 0.3) is 0 Å². The highest BCUT2D eigenvalue weighted by atomic mass is 127. The van der Waals surface area contributed by atoms with Gasteiger partial charge in [-0.1, -0.05) is 0 Å². The monoisotopic (exact) mass is 569 g/mol. The molecular weight excluding hydrogens is 545 g/mol. The standard InChI is InChI=1S/C18H24BrN3O3S.HI/c1-20-18(21-8-7-13-5-6-16(19)26-13)22-11-12-9-14(23-2)17(25-4)15(10-12)24-3;/h5-6,9-10H,7-8,11H2,1-4H3,(H2,20,21,22);1H. The van der Waals surface area contributed by atoms with Gasteiger partial charge in [-0.2, -0.15) is 0 Å². The fourth-order valence-corrected chi connectivity index (χ4v) is 3.92. The van der Waals surface area contributed by atoms with E-state index < -0.39 is 0 Å². The van der Waals surface area contributed by atoms with Gasteiger partial charge in [0.1, 0.15) is 0 Å². The predicted octanol–water partition coefficient (Wildman–Crippen LogP) is 4.06. The van der Waals surface area contributed by atoms with Crippen LogP contribution in [0.5, 0.6) is 17.2 Å². The lowest BCUT2D eigenvalue weighted by Gasteiger charge is -2.15. The van der Waals surface area contributed by atoms with Crippen molar-refractivity contribution in [2.75, 3.05) is 34.9 Å². The number of guanidine groups is 1. The van der Waals surface area contributed by atoms with Crippen LogP contribution >= 0.6 is 51.2 Å². The lowest BCUT2D eigenvalue weighted by Crippen LogP contribution is -2.37. The zero-order valence-corrected chi connectivity index (χ0v) is 20.5. The molecule has 0 fully saturated rings. The second-order valence-corrected chi connectivity index (χ2v) is 7.89. The quantitative estimate of drug-likeness (QED) is 0.285. The van der Waals surface area contributed by atoms with Crippen LogP contribution < -0.4 is 24.8 Å². The second kappa shape index (κ2) is 12.3. The Bertz CT molecular complexity index is 730. The molecule has 0 aliphatic heterocycles. The normalized spacial score (nSPS) is 10.8. The van der Waals surface area contributed by atoms with Gasteiger partial charge in [0, 0.05) is 25.0 Å². The fourth-order valence-electron chi connectivity index (χ4n) is 2.43. The van der Waals surface area contributed by atoms with E-state index in [1.54, 1.807) is 39.7 Å². The molecule has 0 saturated carbocycles. The van der Waals surface area contributed by atoms with Crippen LogP contribution in [0.1, 0.15) is 10.4 Å². The van der Waals surface area contributed by atoms with Crippen LogP contribution in [0.2, 0.25) is 0 Å². The van der Waals surface area contributed by atoms with Gasteiger partial charge in [0.05, 0.1) is 25.1 Å². The Kier molecular flexibility index (Phi) is 10.9. The lowest BCUT2D eigenvalue weighted by molar-refractivity contribution is 0.323. The maximum Gasteiger partial charge on any atom is 0.203 e. The summed E-state index contributed by atoms with van der Waals surface area (Å²) in [6, 6.07) is 8.04. The van der Waals surface area contributed by atoms with Gasteiger partial charge in [-0.25, -0.2) is 0 Å². The molecule has 0 spiro atoms. The average molecular weight is 570 g/mol. The molecule has 0 aliphatic rings. The maximum atomic E-state index is 5.39. The van der Waals surface area contributed by atoms with Crippen LogP contribution in [0, 0.1) is 0 Å². The summed E-state index contributed by atoms with van der Waals surface area (Å²) in [4.78, 5) is 5.58. The molecule has 1 aromatic carbocycles. The number of methoxy groups -OCH3 is 3. The average Bonchev–Trinajstić information content (AvgIpc) is 3.08. The van der Waals surface area contributed by atoms with Gasteiger partial charge in [-0.3, -0.25) is 4.99 Å². The number of rotatable bonds is 8. The van der Waals surface area contributed by atoms with Crippen molar-refractivity contribution in [3.05, 3.63) is 38.5 Å². The molecule has 0 amide bonds. The van der Waals surface area contributed by atoms with E-state index in [9.17, 15) is 0 Å². The van der Waals surface area contributed by atoms with Gasteiger partial charge in [0.25, 0.3) is 0 Å². The summed E-state index contributed by atoms with van der Waals surface area (Å²) in [5, 5.41) is 6.62. The van der Waals surface area contributed by atoms with E-state index >= 15 is 0 Å². The molecule has 2 aromatic rings. The number of nitrogens with one attached hydrogen (secondary N) is 2. The van der Waals surface area contributed by atoms with Crippen molar-refractivity contribution in [1.82, 2.24) is 10.6 Å². The summed E-state index contributed by atoms with van der Waals surface area (Å²) in [6.45, 7) is 1.39. The molecule has 0 unspecified atom stereocenters. The fraction of sp³-hybridized carbons (Fsp3) is 0.389. The third-order valence-electron chi connectivity index (χ3n) is 3.70. The topological polar surface area (TPSA) is 64.1 Å². The highest BCUT2D eigenvalue weighted by molar-refractivity contribution is 14.0. The number of thiophene rings is 1. The first-order valence-corrected chi connectivity index (χ1v) is 9.69. The molecule has 0 bridgehead atoms. The van der Waals surface area contributed by atoms with Crippen LogP contribution in [0.3, 0.4) is 0 Å². The first-order valence-electron chi connectivity index (χ1n) is 8.08. The Morgan fingerprint density at radius 1 is 1.07 bits per heavy atom. The molecule has 1 heterocycles. The Hall–Kier alpha value is -1.20. The third kappa shape index (κ3) is 7.04. The third-order valence-corrected chi connectivity index (χ3v) is 5.38. The molecular formula is C18H25BrIN3O3S. The summed E-state index contributed by atoms with van der Waals surface area (Å²) in [6.07, 6.45) is 0.946. The van der Waals surface area contributed by atoms with E-state index in [1.807, 2.05) is 12.1 Å². The van der Waals surface area contributed by atoms with Crippen LogP contribution in [0.15, 0.2) is 33.0 Å². The minimum absolute atomic E-state index is 0. The van der Waals surface area contributed by atoms with E-state index in [1.165, 1.54) is 4.88 Å². The minimum atomic E-state index is 0. The first-order chi connectivity index (χ1) is 12.6. The van der Waals surface area contributed by atoms with Crippen molar-refractivity contribution in [2.24, 2.45) is 4.99 Å². The molecule has 0 saturated heterocycles. The van der Waals surface area contributed by atoms with Gasteiger partial charge in [-0.15, -0.1) is 35.3 Å². The van der Waals surface area contributed by atoms with Crippen LogP contribution in [0.4, 0.5) is 0 Å². The van der Waals surface area contributed by atoms with Gasteiger partial charge >= 0.3 is 0 Å². The highest BCUT2D eigenvalue weighted by Gasteiger charge is 2.13. The van der Waals surface area contributed by atoms with Crippen molar-refractivity contribution >= 4 is 57.2 Å². The summed E-state index contributed by atoms with van der Waals surface area (Å²) >= 11 is 5.23. The summed E-state index contributed by atoms with van der Waals surface area (Å²) in [5.74, 6) is 2.60. The van der Waals surface area contributed by atoms with Gasteiger partial charge < -0.3 is 24.8 Å². The molecule has 6 nitrogen and oxygen atoms in total. The summed E-state index contributed by atoms with van der Waals surface area (Å²) in [5.41, 5.74) is 1.00. The van der Waals surface area contributed by atoms with E-state index in [0.717, 1.165) is 28.3 Å². The Morgan fingerprint density at radius 3 is 2.22 bits per heavy atom. The number of aliphatic imine (C=N–C) groups is 1. The number of hydrogen-bond donors (Lipinski definition) is 2. The number of nitrogens with zero attached hydrogens (tertiary/aromatic N) is 1. The molecule has 150 valence electrons. The van der Waals surface area contributed by atoms with Crippen molar-refractivity contribution in [1.29, 1.82) is 0 Å². The Morgan fingerprint density at radius 2 is 1.74 bits per heavy atom. The van der Waals surface area contributed by atoms with Crippen molar-refractivity contribution < 1.29 is 14.2 Å². The lowest BCUT2D eigenvalue weighted by atomic mass is 10.2. The molecule has 27 heavy (non-hydrogen) atoms. The molecule has 0 atom stereocenters. The molecule has 2 N–H and O–H groups in total. The predicted molar refractivity (Wildman–Crippen MR) is 125 cm³/mol. The first kappa shape index (κ1) is 23.8. The Balaban J connectivity index is 0.00000364. The van der Waals surface area contributed by atoms with Gasteiger partial charge in [-0.05, 0) is 52.2 Å². The van der Waals surface area contributed by atoms with E-state index in [-0.39, 0.29) is 24.0 Å². The molecule has 2 rings (SSSR count). The van der Waals surface area contributed by atoms with E-state index in [0.29, 0.717) is 23.8 Å². The minimum Gasteiger partial charge on any atom is -0.493 e. The molecule has 1 aromatic heterocycles. The SMILES string of the molecule is CN=C(NCCc1ccc(Br)s1)NCc1cc(OC)c(OC)c(OC)c1.I. The molecule has 0 aliphatic carbocycles. The van der Waals surface area contributed by atoms with Gasteiger partial charge in [0.2, 0.25) is 5.75 Å². The smallest absolute Gasteiger partial charge is 0.203 e. The second-order valence-electron chi connectivity index (χ2n) is 5.34. The van der Waals surface area contributed by atoms with E-state index in [4.69, 9.17) is 14.2 Å². The van der Waals surface area contributed by atoms with Gasteiger partial charge in [0.15, 0.2) is 17.5 Å². The molecule has 9 heteroatoms. The van der Waals surface area contributed by atoms with Crippen molar-refractivity contribution in [3.63, 3.8) is 0 Å². The number of ether oxygens (including phenoxy) is 3. The highest BCUT2D eigenvalue weighted by Crippen LogP contribution is 2.38. The largest absolute Gasteiger partial charge is 0.493 e. The molecule has 0 radical (unpaired) electrons.